The van der Waals surface area contributed by atoms with Gasteiger partial charge in [-0.1, -0.05) is 11.6 Å². The van der Waals surface area contributed by atoms with Crippen LogP contribution in [0, 0.1) is 0 Å². The van der Waals surface area contributed by atoms with Crippen LogP contribution in [-0.4, -0.2) is 53.7 Å². The maximum Gasteiger partial charge on any atom is 0.263 e. The molecular formula is C18H27N3O2S. The molecule has 2 fully saturated rings. The molecule has 2 saturated heterocycles. The zero-order valence-electron chi connectivity index (χ0n) is 14.6. The molecule has 1 aromatic rings. The van der Waals surface area contributed by atoms with Gasteiger partial charge in [0.25, 0.3) is 5.91 Å². The molecule has 1 amide bonds. The van der Waals surface area contributed by atoms with Crippen LogP contribution in [0.15, 0.2) is 23.4 Å². The molecular weight excluding hydrogens is 322 g/mol. The first-order valence-corrected chi connectivity index (χ1v) is 9.64. The highest BCUT2D eigenvalue weighted by molar-refractivity contribution is 7.11. The van der Waals surface area contributed by atoms with Gasteiger partial charge < -0.3 is 10.1 Å². The van der Waals surface area contributed by atoms with Crippen molar-refractivity contribution in [1.29, 1.82) is 0 Å². The van der Waals surface area contributed by atoms with Crippen molar-refractivity contribution in [2.75, 3.05) is 26.2 Å². The molecule has 2 aliphatic heterocycles. The van der Waals surface area contributed by atoms with E-state index in [1.165, 1.54) is 16.9 Å². The smallest absolute Gasteiger partial charge is 0.263 e. The van der Waals surface area contributed by atoms with Crippen LogP contribution in [0.2, 0.25) is 0 Å². The van der Waals surface area contributed by atoms with E-state index in [9.17, 15) is 4.79 Å². The summed E-state index contributed by atoms with van der Waals surface area (Å²) in [6.45, 7) is 8.15. The van der Waals surface area contributed by atoms with Crippen molar-refractivity contribution in [3.05, 3.63) is 28.2 Å². The summed E-state index contributed by atoms with van der Waals surface area (Å²) in [6, 6.07) is 0. The average Bonchev–Trinajstić information content (AvgIpc) is 3.23. The number of hydrogen-bond acceptors (Lipinski definition) is 5. The fourth-order valence-electron chi connectivity index (χ4n) is 3.48. The quantitative estimate of drug-likeness (QED) is 0.831. The first kappa shape index (κ1) is 17.6. The molecule has 0 aromatic carbocycles. The van der Waals surface area contributed by atoms with Gasteiger partial charge in [0, 0.05) is 26.2 Å². The Labute approximate surface area is 148 Å². The number of likely N-dealkylation sites (tertiary alicyclic amines) is 1. The SMILES string of the molecule is CC(C)=CCN1CCC2(CC[C@@H](CNC(=O)c3cncs3)O2)CC1. The van der Waals surface area contributed by atoms with Gasteiger partial charge in [-0.3, -0.25) is 14.7 Å². The molecule has 0 radical (unpaired) electrons. The van der Waals surface area contributed by atoms with Crippen molar-refractivity contribution in [2.45, 2.75) is 51.2 Å². The molecule has 6 heteroatoms. The molecule has 0 unspecified atom stereocenters. The van der Waals surface area contributed by atoms with Crippen molar-refractivity contribution in [1.82, 2.24) is 15.2 Å². The van der Waals surface area contributed by atoms with E-state index in [2.05, 4.69) is 35.1 Å². The lowest BCUT2D eigenvalue weighted by atomic mass is 9.88. The lowest BCUT2D eigenvalue weighted by molar-refractivity contribution is -0.0741. The highest BCUT2D eigenvalue weighted by Crippen LogP contribution is 2.38. The third kappa shape index (κ3) is 4.43. The number of ether oxygens (including phenoxy) is 1. The minimum Gasteiger partial charge on any atom is -0.370 e. The number of carbonyl (C=O) groups is 1. The van der Waals surface area contributed by atoms with Gasteiger partial charge in [0.05, 0.1) is 23.4 Å². The van der Waals surface area contributed by atoms with Crippen LogP contribution in [0.4, 0.5) is 0 Å². The van der Waals surface area contributed by atoms with Crippen LogP contribution >= 0.6 is 11.3 Å². The summed E-state index contributed by atoms with van der Waals surface area (Å²) in [5.74, 6) is -0.0430. The minimum absolute atomic E-state index is 0.0430. The first-order valence-electron chi connectivity index (χ1n) is 8.77. The van der Waals surface area contributed by atoms with E-state index in [0.717, 1.165) is 45.3 Å². The Morgan fingerprint density at radius 2 is 2.25 bits per heavy atom. The Balaban J connectivity index is 1.42. The van der Waals surface area contributed by atoms with Crippen molar-refractivity contribution in [3.63, 3.8) is 0 Å². The molecule has 5 nitrogen and oxygen atoms in total. The lowest BCUT2D eigenvalue weighted by Gasteiger charge is -2.39. The number of nitrogens with zero attached hydrogens (tertiary/aromatic N) is 2. The highest BCUT2D eigenvalue weighted by Gasteiger charge is 2.42. The molecule has 1 N–H and O–H groups in total. The van der Waals surface area contributed by atoms with Gasteiger partial charge in [-0.2, -0.15) is 0 Å². The zero-order chi connectivity index (χ0) is 17.0. The maximum absolute atomic E-state index is 12.0. The second kappa shape index (κ2) is 7.76. The molecule has 1 spiro atoms. The summed E-state index contributed by atoms with van der Waals surface area (Å²) in [6.07, 6.45) is 8.41. The average molecular weight is 350 g/mol. The largest absolute Gasteiger partial charge is 0.370 e. The molecule has 24 heavy (non-hydrogen) atoms. The molecule has 0 saturated carbocycles. The van der Waals surface area contributed by atoms with Crippen molar-refractivity contribution < 1.29 is 9.53 Å². The molecule has 1 aromatic heterocycles. The van der Waals surface area contributed by atoms with Crippen LogP contribution in [0.5, 0.6) is 0 Å². The van der Waals surface area contributed by atoms with Gasteiger partial charge >= 0.3 is 0 Å². The van der Waals surface area contributed by atoms with E-state index < -0.39 is 0 Å². The molecule has 0 bridgehead atoms. The Hall–Kier alpha value is -1.24. The summed E-state index contributed by atoms with van der Waals surface area (Å²) in [4.78, 5) is 19.1. The zero-order valence-corrected chi connectivity index (χ0v) is 15.4. The van der Waals surface area contributed by atoms with E-state index in [1.54, 1.807) is 11.7 Å². The van der Waals surface area contributed by atoms with E-state index in [0.29, 0.717) is 11.4 Å². The number of aromatic nitrogens is 1. The minimum atomic E-state index is -0.0430. The van der Waals surface area contributed by atoms with Gasteiger partial charge in [0.15, 0.2) is 0 Å². The van der Waals surface area contributed by atoms with Crippen molar-refractivity contribution in [2.24, 2.45) is 0 Å². The predicted octanol–water partition coefficient (Wildman–Crippen LogP) is 2.85. The maximum atomic E-state index is 12.0. The highest BCUT2D eigenvalue weighted by atomic mass is 32.1. The molecule has 1 atom stereocenters. The van der Waals surface area contributed by atoms with Crippen LogP contribution < -0.4 is 5.32 Å². The second-order valence-corrected chi connectivity index (χ2v) is 8.01. The van der Waals surface area contributed by atoms with E-state index >= 15 is 0 Å². The fourth-order valence-corrected chi connectivity index (χ4v) is 4.02. The number of allylic oxidation sites excluding steroid dienone is 1. The first-order chi connectivity index (χ1) is 11.6. The third-order valence-electron chi connectivity index (χ3n) is 5.01. The van der Waals surface area contributed by atoms with Gasteiger partial charge in [-0.25, -0.2) is 0 Å². The van der Waals surface area contributed by atoms with Gasteiger partial charge in [-0.05, 0) is 39.5 Å². The Kier molecular flexibility index (Phi) is 5.69. The van der Waals surface area contributed by atoms with Gasteiger partial charge in [-0.15, -0.1) is 11.3 Å². The summed E-state index contributed by atoms with van der Waals surface area (Å²) in [5, 5.41) is 2.98. The summed E-state index contributed by atoms with van der Waals surface area (Å²) in [5.41, 5.74) is 3.10. The van der Waals surface area contributed by atoms with Gasteiger partial charge in [0.2, 0.25) is 0 Å². The van der Waals surface area contributed by atoms with E-state index in [-0.39, 0.29) is 17.6 Å². The van der Waals surface area contributed by atoms with Gasteiger partial charge in [0.1, 0.15) is 4.88 Å². The van der Waals surface area contributed by atoms with Crippen LogP contribution in [0.25, 0.3) is 0 Å². The standard InChI is InChI=1S/C18H27N3O2S/c1-14(2)4-8-21-9-6-18(7-10-21)5-3-15(23-18)11-20-17(22)16-12-19-13-24-16/h4,12-13,15H,3,5-11H2,1-2H3,(H,20,22)/t15-/m0/s1. The fraction of sp³-hybridized carbons (Fsp3) is 0.667. The number of piperidine rings is 1. The molecule has 3 rings (SSSR count). The van der Waals surface area contributed by atoms with Crippen molar-refractivity contribution in [3.8, 4) is 0 Å². The predicted molar refractivity (Wildman–Crippen MR) is 96.4 cm³/mol. The Morgan fingerprint density at radius 1 is 1.46 bits per heavy atom. The van der Waals surface area contributed by atoms with Crippen molar-refractivity contribution >= 4 is 17.2 Å². The topological polar surface area (TPSA) is 54.5 Å². The molecule has 132 valence electrons. The normalized spacial score (nSPS) is 23.3. The molecule has 3 heterocycles. The monoisotopic (exact) mass is 349 g/mol. The van der Waals surface area contributed by atoms with Crippen LogP contribution in [-0.2, 0) is 4.74 Å². The van der Waals surface area contributed by atoms with Crippen LogP contribution in [0.3, 0.4) is 0 Å². The lowest BCUT2D eigenvalue weighted by Crippen LogP contribution is -2.45. The number of thiazole rings is 1. The van der Waals surface area contributed by atoms with E-state index in [4.69, 9.17) is 4.74 Å². The number of rotatable bonds is 5. The number of amides is 1. The third-order valence-corrected chi connectivity index (χ3v) is 5.78. The van der Waals surface area contributed by atoms with Crippen LogP contribution in [0.1, 0.15) is 49.2 Å². The number of nitrogens with one attached hydrogen (secondary N) is 1. The molecule has 2 aliphatic rings. The summed E-state index contributed by atoms with van der Waals surface area (Å²) < 4.78 is 6.36. The second-order valence-electron chi connectivity index (χ2n) is 7.12. The Bertz CT molecular complexity index is 573. The number of hydrogen-bond donors (Lipinski definition) is 1. The summed E-state index contributed by atoms with van der Waals surface area (Å²) in [7, 11) is 0. The molecule has 0 aliphatic carbocycles. The Morgan fingerprint density at radius 3 is 2.92 bits per heavy atom. The number of carbonyl (C=O) groups excluding carboxylic acids is 1. The van der Waals surface area contributed by atoms with E-state index in [1.807, 2.05) is 0 Å². The summed E-state index contributed by atoms with van der Waals surface area (Å²) >= 11 is 1.37.